The van der Waals surface area contributed by atoms with Crippen LogP contribution in [-0.4, -0.2) is 64.5 Å². The van der Waals surface area contributed by atoms with Crippen LogP contribution >= 0.6 is 0 Å². The fourth-order valence-corrected chi connectivity index (χ4v) is 3.03. The van der Waals surface area contributed by atoms with Crippen molar-refractivity contribution in [2.75, 3.05) is 30.4 Å². The van der Waals surface area contributed by atoms with Crippen molar-refractivity contribution >= 4 is 35.1 Å². The molecule has 0 radical (unpaired) electrons. The summed E-state index contributed by atoms with van der Waals surface area (Å²) in [6.45, 7) is 2.97. The average molecular weight is 409 g/mol. The number of carbonyl (C=O) groups is 3. The van der Waals surface area contributed by atoms with Gasteiger partial charge in [-0.1, -0.05) is 0 Å². The van der Waals surface area contributed by atoms with Gasteiger partial charge >= 0.3 is 11.7 Å². The molecule has 0 aliphatic carbocycles. The Labute approximate surface area is 166 Å². The highest BCUT2D eigenvalue weighted by Crippen LogP contribution is 2.36. The largest absolute Gasteiger partial charge is 0.467 e. The Balaban J connectivity index is 2.40. The number of nitrogens with zero attached hydrogens (tertiary/aromatic N) is 4. The highest BCUT2D eigenvalue weighted by atomic mass is 16.6. The summed E-state index contributed by atoms with van der Waals surface area (Å²) in [7, 11) is 1.20. The molecule has 1 unspecified atom stereocenters. The molecule has 1 aromatic heterocycles. The quantitative estimate of drug-likeness (QED) is 0.282. The molecular formula is C16H23N7O6. The Morgan fingerprint density at radius 2 is 2.10 bits per heavy atom. The number of nitro groups is 1. The van der Waals surface area contributed by atoms with Gasteiger partial charge in [0.05, 0.1) is 18.6 Å². The number of methoxy groups -OCH3 is 1. The molecule has 0 aromatic carbocycles. The van der Waals surface area contributed by atoms with Gasteiger partial charge in [-0.05, 0) is 26.7 Å². The molecule has 1 aliphatic rings. The van der Waals surface area contributed by atoms with Gasteiger partial charge in [0.1, 0.15) is 17.9 Å². The summed E-state index contributed by atoms with van der Waals surface area (Å²) in [5, 5.41) is 16.9. The summed E-state index contributed by atoms with van der Waals surface area (Å²) in [6.07, 6.45) is 2.11. The summed E-state index contributed by atoms with van der Waals surface area (Å²) in [5.41, 5.74) is 3.27. The van der Waals surface area contributed by atoms with Crippen molar-refractivity contribution in [3.8, 4) is 0 Å². The molecule has 1 atom stereocenters. The number of nitrogens with two attached hydrogens (primary N) is 1. The summed E-state index contributed by atoms with van der Waals surface area (Å²) < 4.78 is 4.70. The van der Waals surface area contributed by atoms with Crippen LogP contribution in [0.5, 0.6) is 0 Å². The van der Waals surface area contributed by atoms with E-state index in [1.54, 1.807) is 0 Å². The minimum Gasteiger partial charge on any atom is -0.467 e. The molecule has 158 valence electrons. The van der Waals surface area contributed by atoms with Gasteiger partial charge in [0, 0.05) is 6.54 Å². The molecule has 1 aliphatic heterocycles. The molecule has 0 saturated carbocycles. The van der Waals surface area contributed by atoms with E-state index in [2.05, 4.69) is 20.6 Å². The molecule has 1 aromatic rings. The van der Waals surface area contributed by atoms with E-state index < -0.39 is 40.0 Å². The zero-order valence-corrected chi connectivity index (χ0v) is 16.3. The zero-order valence-electron chi connectivity index (χ0n) is 16.3. The predicted molar refractivity (Wildman–Crippen MR) is 101 cm³/mol. The normalized spacial score (nSPS) is 16.2. The third-order valence-electron chi connectivity index (χ3n) is 4.38. The SMILES string of the molecule is COC(=O)C(C)(C)Nc1ncnc(N2CCCC2C(=O)NCC(N)=O)c1[N+](=O)[O-]. The number of carbonyl (C=O) groups excluding carboxylic acids is 3. The van der Waals surface area contributed by atoms with E-state index in [0.717, 1.165) is 6.33 Å². The van der Waals surface area contributed by atoms with Crippen LogP contribution < -0.4 is 21.3 Å². The van der Waals surface area contributed by atoms with Gasteiger partial charge in [0.15, 0.2) is 0 Å². The first-order chi connectivity index (χ1) is 13.6. The molecule has 4 N–H and O–H groups in total. The minimum atomic E-state index is -1.30. The summed E-state index contributed by atoms with van der Waals surface area (Å²) >= 11 is 0. The van der Waals surface area contributed by atoms with Gasteiger partial charge in [0.25, 0.3) is 0 Å². The Morgan fingerprint density at radius 3 is 2.69 bits per heavy atom. The van der Waals surface area contributed by atoms with Crippen LogP contribution in [0.4, 0.5) is 17.3 Å². The number of nitrogens with one attached hydrogen (secondary N) is 2. The van der Waals surface area contributed by atoms with Gasteiger partial charge < -0.3 is 26.0 Å². The van der Waals surface area contributed by atoms with E-state index in [0.29, 0.717) is 19.4 Å². The van der Waals surface area contributed by atoms with Crippen molar-refractivity contribution in [2.24, 2.45) is 5.73 Å². The number of anilines is 2. The van der Waals surface area contributed by atoms with Gasteiger partial charge in [-0.3, -0.25) is 19.7 Å². The van der Waals surface area contributed by atoms with E-state index >= 15 is 0 Å². The first-order valence-electron chi connectivity index (χ1n) is 8.77. The van der Waals surface area contributed by atoms with Gasteiger partial charge in [0.2, 0.25) is 23.5 Å². The Hall–Kier alpha value is -3.51. The van der Waals surface area contributed by atoms with E-state index in [-0.39, 0.29) is 18.2 Å². The highest BCUT2D eigenvalue weighted by molar-refractivity contribution is 5.90. The molecule has 1 saturated heterocycles. The fraction of sp³-hybridized carbons (Fsp3) is 0.562. The molecular weight excluding hydrogens is 386 g/mol. The third kappa shape index (κ3) is 4.86. The standard InChI is InChI=1S/C16H23N7O6/c1-16(2,15(26)29-3)21-12-11(23(27)28)13(20-8-19-12)22-6-4-5-9(22)14(25)18-7-10(17)24/h8-9H,4-7H2,1-3H3,(H2,17,24)(H,18,25)(H,19,20,21). The maximum absolute atomic E-state index is 12.4. The van der Waals surface area contributed by atoms with Crippen molar-refractivity contribution in [1.29, 1.82) is 0 Å². The van der Waals surface area contributed by atoms with E-state index in [4.69, 9.17) is 10.5 Å². The van der Waals surface area contributed by atoms with E-state index in [9.17, 15) is 24.5 Å². The van der Waals surface area contributed by atoms with Crippen LogP contribution in [0.2, 0.25) is 0 Å². The van der Waals surface area contributed by atoms with Gasteiger partial charge in [-0.2, -0.15) is 0 Å². The average Bonchev–Trinajstić information content (AvgIpc) is 3.14. The number of ether oxygens (including phenoxy) is 1. The topological polar surface area (TPSA) is 183 Å². The predicted octanol–water partition coefficient (Wildman–Crippen LogP) is -0.681. The molecule has 29 heavy (non-hydrogen) atoms. The number of hydrogen-bond donors (Lipinski definition) is 3. The second-order valence-electron chi connectivity index (χ2n) is 6.93. The smallest absolute Gasteiger partial charge is 0.353 e. The second kappa shape index (κ2) is 8.67. The maximum Gasteiger partial charge on any atom is 0.353 e. The molecule has 1 fully saturated rings. The number of esters is 1. The second-order valence-corrected chi connectivity index (χ2v) is 6.93. The number of aromatic nitrogens is 2. The van der Waals surface area contributed by atoms with Crippen LogP contribution in [-0.2, 0) is 19.1 Å². The van der Waals surface area contributed by atoms with Crippen LogP contribution in [0.15, 0.2) is 6.33 Å². The van der Waals surface area contributed by atoms with Crippen molar-refractivity contribution in [3.63, 3.8) is 0 Å². The summed E-state index contributed by atoms with van der Waals surface area (Å²) in [5.74, 6) is -2.08. The van der Waals surface area contributed by atoms with Gasteiger partial charge in [-0.15, -0.1) is 0 Å². The van der Waals surface area contributed by atoms with Crippen LogP contribution in [0.25, 0.3) is 0 Å². The Kier molecular flexibility index (Phi) is 6.51. The first-order valence-corrected chi connectivity index (χ1v) is 8.77. The first kappa shape index (κ1) is 21.8. The molecule has 0 bridgehead atoms. The third-order valence-corrected chi connectivity index (χ3v) is 4.38. The lowest BCUT2D eigenvalue weighted by atomic mass is 10.1. The summed E-state index contributed by atoms with van der Waals surface area (Å²) in [6, 6.07) is -0.760. The monoisotopic (exact) mass is 409 g/mol. The fourth-order valence-electron chi connectivity index (χ4n) is 3.03. The van der Waals surface area contributed by atoms with Crippen molar-refractivity contribution in [1.82, 2.24) is 15.3 Å². The van der Waals surface area contributed by atoms with Crippen molar-refractivity contribution < 1.29 is 24.0 Å². The Morgan fingerprint density at radius 1 is 1.41 bits per heavy atom. The number of hydrogen-bond acceptors (Lipinski definition) is 10. The maximum atomic E-state index is 12.4. The number of primary amides is 1. The number of rotatable bonds is 8. The zero-order chi connectivity index (χ0) is 21.8. The lowest BCUT2D eigenvalue weighted by Crippen LogP contribution is -2.46. The van der Waals surface area contributed by atoms with Crippen molar-refractivity contribution in [3.05, 3.63) is 16.4 Å². The molecule has 13 heteroatoms. The summed E-state index contributed by atoms with van der Waals surface area (Å²) in [4.78, 5) is 55.8. The Bertz CT molecular complexity index is 828. The molecule has 2 rings (SSSR count). The minimum absolute atomic E-state index is 0.0649. The van der Waals surface area contributed by atoms with Crippen LogP contribution in [0, 0.1) is 10.1 Å². The highest BCUT2D eigenvalue weighted by Gasteiger charge is 2.39. The van der Waals surface area contributed by atoms with Gasteiger partial charge in [-0.25, -0.2) is 14.8 Å². The number of amides is 2. The lowest BCUT2D eigenvalue weighted by molar-refractivity contribution is -0.383. The van der Waals surface area contributed by atoms with E-state index in [1.165, 1.54) is 25.9 Å². The van der Waals surface area contributed by atoms with Crippen molar-refractivity contribution in [2.45, 2.75) is 38.3 Å². The molecule has 0 spiro atoms. The molecule has 2 heterocycles. The van der Waals surface area contributed by atoms with Crippen LogP contribution in [0.3, 0.4) is 0 Å². The molecule has 2 amide bonds. The lowest BCUT2D eigenvalue weighted by Gasteiger charge is -2.26. The van der Waals surface area contributed by atoms with Crippen LogP contribution in [0.1, 0.15) is 26.7 Å². The molecule has 13 nitrogen and oxygen atoms in total. The van der Waals surface area contributed by atoms with E-state index in [1.807, 2.05) is 0 Å².